The van der Waals surface area contributed by atoms with Gasteiger partial charge in [0.15, 0.2) is 0 Å². The van der Waals surface area contributed by atoms with Crippen molar-refractivity contribution < 1.29 is 0 Å². The van der Waals surface area contributed by atoms with Crippen molar-refractivity contribution in [3.63, 3.8) is 0 Å². The first-order chi connectivity index (χ1) is 9.60. The van der Waals surface area contributed by atoms with Crippen LogP contribution in [0.5, 0.6) is 0 Å². The third-order valence-corrected chi connectivity index (χ3v) is 4.58. The van der Waals surface area contributed by atoms with E-state index in [4.69, 9.17) is 34.8 Å². The van der Waals surface area contributed by atoms with E-state index in [9.17, 15) is 0 Å². The maximum absolute atomic E-state index is 6.14. The molecule has 1 fully saturated rings. The molecule has 2 aromatic rings. The number of piperazine rings is 1. The van der Waals surface area contributed by atoms with Crippen LogP contribution in [0, 0.1) is 0 Å². The third-order valence-electron chi connectivity index (χ3n) is 3.62. The summed E-state index contributed by atoms with van der Waals surface area (Å²) >= 11 is 18.2. The third kappa shape index (κ3) is 2.46. The first-order valence-corrected chi connectivity index (χ1v) is 7.75. The number of aromatic nitrogens is 2. The van der Waals surface area contributed by atoms with Gasteiger partial charge in [-0.3, -0.25) is 0 Å². The Hall–Kier alpha value is -0.680. The van der Waals surface area contributed by atoms with Crippen LogP contribution in [0.25, 0.3) is 11.0 Å². The first-order valence-electron chi connectivity index (χ1n) is 6.46. The Morgan fingerprint density at radius 2 is 1.75 bits per heavy atom. The zero-order valence-electron chi connectivity index (χ0n) is 11.1. The molecular formula is C13H15Cl3N4. The average Bonchev–Trinajstić information content (AvgIpc) is 2.78. The summed E-state index contributed by atoms with van der Waals surface area (Å²) in [6.45, 7) is 3.91. The number of likely N-dealkylation sites (N-methyl/N-ethyl adjacent to an activating group) is 1. The van der Waals surface area contributed by atoms with Gasteiger partial charge in [0.2, 0.25) is 0 Å². The van der Waals surface area contributed by atoms with Crippen LogP contribution in [0.3, 0.4) is 0 Å². The molecule has 0 amide bonds. The zero-order valence-corrected chi connectivity index (χ0v) is 13.4. The highest BCUT2D eigenvalue weighted by Crippen LogP contribution is 2.29. The number of benzene rings is 1. The summed E-state index contributed by atoms with van der Waals surface area (Å²) < 4.78 is 2.08. The first kappa shape index (κ1) is 14.3. The van der Waals surface area contributed by atoms with Gasteiger partial charge in [-0.25, -0.2) is 9.66 Å². The van der Waals surface area contributed by atoms with Gasteiger partial charge in [0.05, 0.1) is 27.0 Å². The Balaban J connectivity index is 2.10. The molecule has 0 bridgehead atoms. The van der Waals surface area contributed by atoms with Gasteiger partial charge in [0.25, 0.3) is 0 Å². The van der Waals surface area contributed by atoms with Crippen LogP contribution >= 0.6 is 34.8 Å². The van der Waals surface area contributed by atoms with Gasteiger partial charge < -0.3 is 9.91 Å². The summed E-state index contributed by atoms with van der Waals surface area (Å²) in [4.78, 5) is 6.87. The van der Waals surface area contributed by atoms with Crippen LogP contribution in [0.4, 0.5) is 0 Å². The SMILES string of the molecule is CN1CCN(n2c(CCl)nc3cc(Cl)c(Cl)cc32)CC1. The summed E-state index contributed by atoms with van der Waals surface area (Å²) in [7, 11) is 2.13. The fourth-order valence-corrected chi connectivity index (χ4v) is 3.00. The molecule has 0 saturated carbocycles. The van der Waals surface area contributed by atoms with Crippen LogP contribution in [-0.2, 0) is 5.88 Å². The largest absolute Gasteiger partial charge is 0.308 e. The fourth-order valence-electron chi connectivity index (χ4n) is 2.51. The highest BCUT2D eigenvalue weighted by molar-refractivity contribution is 6.42. The molecule has 0 unspecified atom stereocenters. The summed E-state index contributed by atoms with van der Waals surface area (Å²) in [6.07, 6.45) is 0. The molecule has 0 atom stereocenters. The number of fused-ring (bicyclic) bond motifs is 1. The van der Waals surface area contributed by atoms with E-state index in [1.807, 2.05) is 6.07 Å². The minimum Gasteiger partial charge on any atom is -0.308 e. The van der Waals surface area contributed by atoms with Crippen molar-refractivity contribution in [3.05, 3.63) is 28.0 Å². The minimum absolute atomic E-state index is 0.357. The van der Waals surface area contributed by atoms with Gasteiger partial charge in [-0.15, -0.1) is 11.6 Å². The lowest BCUT2D eigenvalue weighted by Crippen LogP contribution is -2.50. The van der Waals surface area contributed by atoms with E-state index in [1.54, 1.807) is 6.07 Å². The zero-order chi connectivity index (χ0) is 14.3. The van der Waals surface area contributed by atoms with Crippen LogP contribution in [-0.4, -0.2) is 47.8 Å². The number of halogens is 3. The van der Waals surface area contributed by atoms with Crippen LogP contribution in [0.1, 0.15) is 5.82 Å². The van der Waals surface area contributed by atoms with Crippen molar-refractivity contribution in [2.45, 2.75) is 5.88 Å². The molecule has 0 spiro atoms. The Labute approximate surface area is 132 Å². The average molecular weight is 334 g/mol. The van der Waals surface area contributed by atoms with Gasteiger partial charge >= 0.3 is 0 Å². The lowest BCUT2D eigenvalue weighted by molar-refractivity contribution is 0.288. The van der Waals surface area contributed by atoms with Crippen molar-refractivity contribution in [1.82, 2.24) is 14.6 Å². The van der Waals surface area contributed by atoms with E-state index in [2.05, 4.69) is 26.6 Å². The van der Waals surface area contributed by atoms with E-state index >= 15 is 0 Å². The molecule has 1 aliphatic heterocycles. The van der Waals surface area contributed by atoms with Gasteiger partial charge in [0.1, 0.15) is 5.82 Å². The standard InChI is InChI=1S/C13H15Cl3N4/c1-18-2-4-19(5-3-18)20-12-7-10(16)9(15)6-11(12)17-13(20)8-14/h6-7H,2-5,8H2,1H3. The van der Waals surface area contributed by atoms with E-state index in [0.29, 0.717) is 15.9 Å². The highest BCUT2D eigenvalue weighted by atomic mass is 35.5. The molecule has 108 valence electrons. The normalized spacial score (nSPS) is 17.1. The molecule has 0 aliphatic carbocycles. The molecule has 4 nitrogen and oxygen atoms in total. The van der Waals surface area contributed by atoms with Gasteiger partial charge in [-0.2, -0.15) is 0 Å². The second kappa shape index (κ2) is 5.60. The highest BCUT2D eigenvalue weighted by Gasteiger charge is 2.20. The smallest absolute Gasteiger partial charge is 0.143 e. The quantitative estimate of drug-likeness (QED) is 0.790. The van der Waals surface area contributed by atoms with Crippen molar-refractivity contribution >= 4 is 45.8 Å². The summed E-state index contributed by atoms with van der Waals surface area (Å²) in [5.41, 5.74) is 1.79. The van der Waals surface area contributed by atoms with Crippen LogP contribution in [0.2, 0.25) is 10.0 Å². The molecule has 7 heteroatoms. The molecule has 1 saturated heterocycles. The Morgan fingerprint density at radius 3 is 2.40 bits per heavy atom. The topological polar surface area (TPSA) is 24.3 Å². The number of imidazole rings is 1. The van der Waals surface area contributed by atoms with Crippen LogP contribution in [0.15, 0.2) is 12.1 Å². The van der Waals surface area contributed by atoms with Crippen molar-refractivity contribution in [1.29, 1.82) is 0 Å². The Kier molecular flexibility index (Phi) is 4.00. The predicted molar refractivity (Wildman–Crippen MR) is 84.8 cm³/mol. The molecule has 0 radical (unpaired) electrons. The van der Waals surface area contributed by atoms with Crippen molar-refractivity contribution in [2.24, 2.45) is 0 Å². The van der Waals surface area contributed by atoms with E-state index < -0.39 is 0 Å². The maximum Gasteiger partial charge on any atom is 0.143 e. The number of hydrogen-bond donors (Lipinski definition) is 0. The number of alkyl halides is 1. The molecule has 3 rings (SSSR count). The Bertz CT molecular complexity index is 632. The van der Waals surface area contributed by atoms with Gasteiger partial charge in [-0.05, 0) is 19.2 Å². The van der Waals surface area contributed by atoms with Crippen molar-refractivity contribution in [2.75, 3.05) is 38.2 Å². The predicted octanol–water partition coefficient (Wildman–Crippen LogP) is 2.97. The van der Waals surface area contributed by atoms with Crippen LogP contribution < -0.4 is 5.01 Å². The monoisotopic (exact) mass is 332 g/mol. The fraction of sp³-hybridized carbons (Fsp3) is 0.462. The van der Waals surface area contributed by atoms with E-state index in [0.717, 1.165) is 43.0 Å². The van der Waals surface area contributed by atoms with E-state index in [-0.39, 0.29) is 0 Å². The van der Waals surface area contributed by atoms with Gasteiger partial charge in [-0.1, -0.05) is 23.2 Å². The lowest BCUT2D eigenvalue weighted by atomic mass is 10.3. The number of rotatable bonds is 2. The minimum atomic E-state index is 0.357. The second-order valence-electron chi connectivity index (χ2n) is 4.99. The maximum atomic E-state index is 6.14. The van der Waals surface area contributed by atoms with E-state index in [1.165, 1.54) is 0 Å². The summed E-state index contributed by atoms with van der Waals surface area (Å²) in [6, 6.07) is 3.66. The molecule has 1 aromatic carbocycles. The molecule has 1 aliphatic rings. The summed E-state index contributed by atoms with van der Waals surface area (Å²) in [5, 5.41) is 3.32. The second-order valence-corrected chi connectivity index (χ2v) is 6.07. The molecule has 1 aromatic heterocycles. The molecule has 20 heavy (non-hydrogen) atoms. The number of hydrogen-bond acceptors (Lipinski definition) is 3. The lowest BCUT2D eigenvalue weighted by Gasteiger charge is -2.35. The Morgan fingerprint density at radius 1 is 1.10 bits per heavy atom. The van der Waals surface area contributed by atoms with Gasteiger partial charge in [0, 0.05) is 26.2 Å². The molecular weight excluding hydrogens is 319 g/mol. The number of nitrogens with zero attached hydrogens (tertiary/aromatic N) is 4. The summed E-state index contributed by atoms with van der Waals surface area (Å²) in [5.74, 6) is 1.18. The molecule has 2 heterocycles. The molecule has 0 N–H and O–H groups in total. The van der Waals surface area contributed by atoms with Crippen molar-refractivity contribution in [3.8, 4) is 0 Å².